The molecule has 2 aromatic carbocycles. The van der Waals surface area contributed by atoms with Crippen molar-refractivity contribution in [3.63, 3.8) is 0 Å². The summed E-state index contributed by atoms with van der Waals surface area (Å²) < 4.78 is 0. The monoisotopic (exact) mass is 373 g/mol. The number of anilines is 2. The van der Waals surface area contributed by atoms with Crippen molar-refractivity contribution in [3.05, 3.63) is 58.6 Å². The van der Waals surface area contributed by atoms with Crippen LogP contribution in [0, 0.1) is 6.92 Å². The summed E-state index contributed by atoms with van der Waals surface area (Å²) in [6.45, 7) is 5.96. The molecule has 1 atom stereocenters. The van der Waals surface area contributed by atoms with Gasteiger partial charge >= 0.3 is 0 Å². The Kier molecular flexibility index (Phi) is 7.04. The number of nitrogens with one attached hydrogen (secondary N) is 3. The minimum atomic E-state index is -0.190. The maximum atomic E-state index is 12.2. The molecule has 0 spiro atoms. The van der Waals surface area contributed by atoms with E-state index >= 15 is 0 Å². The molecule has 0 saturated carbocycles. The highest BCUT2D eigenvalue weighted by Gasteiger charge is 2.10. The lowest BCUT2D eigenvalue weighted by atomic mass is 10.1. The molecule has 5 nitrogen and oxygen atoms in total. The van der Waals surface area contributed by atoms with Crippen LogP contribution in [0.25, 0.3) is 0 Å². The summed E-state index contributed by atoms with van der Waals surface area (Å²) in [6, 6.07) is 12.5. The minimum Gasteiger partial charge on any atom is -0.376 e. The number of hydrogen-bond acceptors (Lipinski definition) is 3. The van der Waals surface area contributed by atoms with Crippen LogP contribution in [0.15, 0.2) is 42.5 Å². The summed E-state index contributed by atoms with van der Waals surface area (Å²) in [4.78, 5) is 24.3. The molecule has 0 radical (unpaired) electrons. The lowest BCUT2D eigenvalue weighted by Crippen LogP contribution is -2.31. The molecule has 2 amide bonds. The van der Waals surface area contributed by atoms with Gasteiger partial charge in [-0.05, 0) is 56.2 Å². The first kappa shape index (κ1) is 19.8. The van der Waals surface area contributed by atoms with E-state index in [1.807, 2.05) is 32.9 Å². The zero-order valence-corrected chi connectivity index (χ0v) is 16.0. The SMILES string of the molecule is CCC(C)NC(=O)c1cccc(NCC(=O)Nc2cc(Cl)ccc2C)c1. The van der Waals surface area contributed by atoms with Gasteiger partial charge in [0.2, 0.25) is 5.91 Å². The van der Waals surface area contributed by atoms with Crippen LogP contribution in [0.4, 0.5) is 11.4 Å². The van der Waals surface area contributed by atoms with Crippen LogP contribution in [0.1, 0.15) is 36.2 Å². The van der Waals surface area contributed by atoms with Crippen LogP contribution in [0.5, 0.6) is 0 Å². The summed E-state index contributed by atoms with van der Waals surface area (Å²) in [5, 5.41) is 9.36. The Bertz CT molecular complexity index is 792. The van der Waals surface area contributed by atoms with Gasteiger partial charge in [0.1, 0.15) is 0 Å². The van der Waals surface area contributed by atoms with Crippen molar-refractivity contribution in [1.29, 1.82) is 0 Å². The Balaban J connectivity index is 1.94. The average molecular weight is 374 g/mol. The normalized spacial score (nSPS) is 11.5. The van der Waals surface area contributed by atoms with E-state index in [4.69, 9.17) is 11.6 Å². The predicted molar refractivity (Wildman–Crippen MR) is 107 cm³/mol. The average Bonchev–Trinajstić information content (AvgIpc) is 2.63. The fraction of sp³-hybridized carbons (Fsp3) is 0.300. The van der Waals surface area contributed by atoms with Crippen LogP contribution in [0.2, 0.25) is 5.02 Å². The van der Waals surface area contributed by atoms with Crippen molar-refractivity contribution < 1.29 is 9.59 Å². The van der Waals surface area contributed by atoms with Gasteiger partial charge in [0.15, 0.2) is 0 Å². The van der Waals surface area contributed by atoms with Gasteiger partial charge < -0.3 is 16.0 Å². The van der Waals surface area contributed by atoms with Gasteiger partial charge in [-0.3, -0.25) is 9.59 Å². The number of benzene rings is 2. The molecule has 26 heavy (non-hydrogen) atoms. The number of aryl methyl sites for hydroxylation is 1. The number of rotatable bonds is 7. The Labute approximate surface area is 159 Å². The Morgan fingerprint density at radius 1 is 1.15 bits per heavy atom. The molecule has 0 aliphatic carbocycles. The quantitative estimate of drug-likeness (QED) is 0.680. The second-order valence-electron chi connectivity index (χ2n) is 6.22. The predicted octanol–water partition coefficient (Wildman–Crippen LogP) is 4.23. The molecular formula is C20H24ClN3O2. The fourth-order valence-corrected chi connectivity index (χ4v) is 2.46. The molecule has 6 heteroatoms. The van der Waals surface area contributed by atoms with Gasteiger partial charge in [0, 0.05) is 28.0 Å². The zero-order chi connectivity index (χ0) is 19.1. The van der Waals surface area contributed by atoms with Crippen molar-refractivity contribution in [1.82, 2.24) is 5.32 Å². The van der Waals surface area contributed by atoms with E-state index in [0.717, 1.165) is 12.0 Å². The summed E-state index contributed by atoms with van der Waals surface area (Å²) >= 11 is 5.96. The largest absolute Gasteiger partial charge is 0.376 e. The van der Waals surface area contributed by atoms with Crippen molar-refractivity contribution in [2.45, 2.75) is 33.2 Å². The van der Waals surface area contributed by atoms with Crippen LogP contribution in [0.3, 0.4) is 0 Å². The molecule has 0 heterocycles. The van der Waals surface area contributed by atoms with Gasteiger partial charge in [0.05, 0.1) is 6.54 Å². The smallest absolute Gasteiger partial charge is 0.251 e. The van der Waals surface area contributed by atoms with Crippen LogP contribution in [-0.2, 0) is 4.79 Å². The summed E-state index contributed by atoms with van der Waals surface area (Å²) in [5.41, 5.74) is 2.89. The molecular weight excluding hydrogens is 350 g/mol. The van der Waals surface area contributed by atoms with Gasteiger partial charge in [0.25, 0.3) is 5.91 Å². The molecule has 0 aliphatic rings. The Hall–Kier alpha value is -2.53. The molecule has 3 N–H and O–H groups in total. The van der Waals surface area contributed by atoms with Crippen molar-refractivity contribution in [2.24, 2.45) is 0 Å². The Morgan fingerprint density at radius 2 is 1.92 bits per heavy atom. The van der Waals surface area contributed by atoms with Crippen LogP contribution < -0.4 is 16.0 Å². The summed E-state index contributed by atoms with van der Waals surface area (Å²) in [5.74, 6) is -0.313. The van der Waals surface area contributed by atoms with Crippen LogP contribution in [-0.4, -0.2) is 24.4 Å². The number of halogens is 1. The van der Waals surface area contributed by atoms with Crippen molar-refractivity contribution in [2.75, 3.05) is 17.2 Å². The standard InChI is InChI=1S/C20H24ClN3O2/c1-4-14(3)23-20(26)15-6-5-7-17(10-15)22-12-19(25)24-18-11-16(21)9-8-13(18)2/h5-11,14,22H,4,12H2,1-3H3,(H,23,26)(H,24,25). The molecule has 0 fully saturated rings. The molecule has 2 rings (SSSR count). The van der Waals surface area contributed by atoms with Gasteiger partial charge in [-0.15, -0.1) is 0 Å². The first-order valence-corrected chi connectivity index (χ1v) is 8.97. The van der Waals surface area contributed by atoms with Crippen LogP contribution >= 0.6 is 11.6 Å². The first-order valence-electron chi connectivity index (χ1n) is 8.60. The van der Waals surface area contributed by atoms with E-state index in [-0.39, 0.29) is 24.4 Å². The fourth-order valence-electron chi connectivity index (χ4n) is 2.29. The molecule has 2 aromatic rings. The minimum absolute atomic E-state index is 0.0857. The molecule has 0 aromatic heterocycles. The number of carbonyl (C=O) groups is 2. The first-order chi connectivity index (χ1) is 12.4. The molecule has 1 unspecified atom stereocenters. The second kappa shape index (κ2) is 9.25. The lowest BCUT2D eigenvalue weighted by molar-refractivity contribution is -0.114. The van der Waals surface area contributed by atoms with Gasteiger partial charge in [-0.25, -0.2) is 0 Å². The molecule has 0 bridgehead atoms. The summed E-state index contributed by atoms with van der Waals surface area (Å²) in [7, 11) is 0. The number of carbonyl (C=O) groups excluding carboxylic acids is 2. The number of amides is 2. The molecule has 0 saturated heterocycles. The third kappa shape index (κ3) is 5.77. The summed E-state index contributed by atoms with van der Waals surface area (Å²) in [6.07, 6.45) is 0.868. The van der Waals surface area contributed by atoms with E-state index in [9.17, 15) is 9.59 Å². The highest BCUT2D eigenvalue weighted by molar-refractivity contribution is 6.31. The van der Waals surface area contributed by atoms with Crippen molar-refractivity contribution in [3.8, 4) is 0 Å². The third-order valence-corrected chi connectivity index (χ3v) is 4.28. The van der Waals surface area contributed by atoms with E-state index < -0.39 is 0 Å². The lowest BCUT2D eigenvalue weighted by Gasteiger charge is -2.13. The van der Waals surface area contributed by atoms with E-state index in [1.54, 1.807) is 30.3 Å². The van der Waals surface area contributed by atoms with Crippen molar-refractivity contribution >= 4 is 34.8 Å². The van der Waals surface area contributed by atoms with E-state index in [2.05, 4.69) is 16.0 Å². The maximum Gasteiger partial charge on any atom is 0.251 e. The highest BCUT2D eigenvalue weighted by atomic mass is 35.5. The third-order valence-electron chi connectivity index (χ3n) is 4.04. The van der Waals surface area contributed by atoms with Gasteiger partial charge in [-0.1, -0.05) is 30.7 Å². The second-order valence-corrected chi connectivity index (χ2v) is 6.66. The topological polar surface area (TPSA) is 70.2 Å². The molecule has 0 aliphatic heterocycles. The highest BCUT2D eigenvalue weighted by Crippen LogP contribution is 2.20. The zero-order valence-electron chi connectivity index (χ0n) is 15.2. The molecule has 138 valence electrons. The van der Waals surface area contributed by atoms with E-state index in [1.165, 1.54) is 0 Å². The maximum absolute atomic E-state index is 12.2. The van der Waals surface area contributed by atoms with E-state index in [0.29, 0.717) is 22.0 Å². The van der Waals surface area contributed by atoms with Gasteiger partial charge in [-0.2, -0.15) is 0 Å². The Morgan fingerprint density at radius 3 is 2.65 bits per heavy atom. The number of hydrogen-bond donors (Lipinski definition) is 3.